The molecule has 4 rings (SSSR count). The van der Waals surface area contributed by atoms with Crippen LogP contribution >= 0.6 is 0 Å². The third-order valence-corrected chi connectivity index (χ3v) is 3.86. The Bertz CT molecular complexity index is 994. The number of methoxy groups -OCH3 is 2. The van der Waals surface area contributed by atoms with E-state index in [2.05, 4.69) is 16.0 Å². The van der Waals surface area contributed by atoms with Gasteiger partial charge in [0.05, 0.1) is 14.2 Å². The molecule has 0 aliphatic heterocycles. The van der Waals surface area contributed by atoms with Crippen molar-refractivity contribution in [2.75, 3.05) is 14.2 Å². The van der Waals surface area contributed by atoms with Crippen molar-refractivity contribution in [2.24, 2.45) is 0 Å². The Kier molecular flexibility index (Phi) is 5.09. The van der Waals surface area contributed by atoms with Crippen molar-refractivity contribution in [3.8, 4) is 11.5 Å². The van der Waals surface area contributed by atoms with Crippen molar-refractivity contribution in [1.82, 2.24) is 9.97 Å². The van der Waals surface area contributed by atoms with Crippen LogP contribution in [-0.4, -0.2) is 24.2 Å². The van der Waals surface area contributed by atoms with Gasteiger partial charge in [-0.25, -0.2) is 4.98 Å². The Labute approximate surface area is 147 Å². The molecule has 2 aromatic heterocycles. The molecule has 0 spiro atoms. The van der Waals surface area contributed by atoms with Crippen LogP contribution in [0.5, 0.6) is 11.5 Å². The molecule has 0 aliphatic rings. The molecule has 126 valence electrons. The summed E-state index contributed by atoms with van der Waals surface area (Å²) in [6.07, 6.45) is 1.77. The molecule has 0 atom stereocenters. The van der Waals surface area contributed by atoms with Crippen LogP contribution in [0.15, 0.2) is 66.9 Å². The zero-order valence-electron chi connectivity index (χ0n) is 14.6. The smallest absolute Gasteiger partial charge is 0.145 e. The van der Waals surface area contributed by atoms with Crippen LogP contribution < -0.4 is 9.47 Å². The Morgan fingerprint density at radius 1 is 0.680 bits per heavy atom. The van der Waals surface area contributed by atoms with E-state index < -0.39 is 0 Å². The Morgan fingerprint density at radius 3 is 1.96 bits per heavy atom. The van der Waals surface area contributed by atoms with Gasteiger partial charge in [0.1, 0.15) is 22.5 Å². The first-order valence-corrected chi connectivity index (χ1v) is 8.01. The second-order valence-corrected chi connectivity index (χ2v) is 5.52. The number of hydrogen-bond acceptors (Lipinski definition) is 4. The Balaban J connectivity index is 0.000000146. The highest BCUT2D eigenvalue weighted by Crippen LogP contribution is 2.23. The fourth-order valence-electron chi connectivity index (χ4n) is 2.62. The second-order valence-electron chi connectivity index (χ2n) is 5.52. The molecule has 0 amide bonds. The SMILES string of the molecule is COc1cccc2ccc(C)nc12.COc1cccc2cccnc12. The molecule has 0 saturated heterocycles. The highest BCUT2D eigenvalue weighted by molar-refractivity contribution is 5.85. The van der Waals surface area contributed by atoms with E-state index in [9.17, 15) is 0 Å². The number of para-hydroxylation sites is 2. The van der Waals surface area contributed by atoms with Gasteiger partial charge in [0.15, 0.2) is 0 Å². The summed E-state index contributed by atoms with van der Waals surface area (Å²) in [6.45, 7) is 1.98. The summed E-state index contributed by atoms with van der Waals surface area (Å²) < 4.78 is 10.4. The predicted molar refractivity (Wildman–Crippen MR) is 101 cm³/mol. The van der Waals surface area contributed by atoms with Crippen LogP contribution in [0.25, 0.3) is 21.8 Å². The molecule has 0 bridgehead atoms. The van der Waals surface area contributed by atoms with E-state index in [0.29, 0.717) is 0 Å². The van der Waals surface area contributed by atoms with Crippen LogP contribution in [0.3, 0.4) is 0 Å². The van der Waals surface area contributed by atoms with E-state index in [1.54, 1.807) is 20.4 Å². The van der Waals surface area contributed by atoms with Crippen molar-refractivity contribution < 1.29 is 9.47 Å². The minimum absolute atomic E-state index is 0.827. The van der Waals surface area contributed by atoms with Crippen molar-refractivity contribution in [1.29, 1.82) is 0 Å². The molecule has 0 radical (unpaired) electrons. The van der Waals surface area contributed by atoms with Gasteiger partial charge in [-0.15, -0.1) is 0 Å². The number of rotatable bonds is 2. The van der Waals surface area contributed by atoms with Crippen LogP contribution in [0.1, 0.15) is 5.69 Å². The lowest BCUT2D eigenvalue weighted by Gasteiger charge is -2.04. The van der Waals surface area contributed by atoms with Crippen molar-refractivity contribution in [2.45, 2.75) is 6.92 Å². The molecular formula is C21H20N2O2. The fourth-order valence-corrected chi connectivity index (χ4v) is 2.62. The monoisotopic (exact) mass is 332 g/mol. The maximum atomic E-state index is 5.22. The lowest BCUT2D eigenvalue weighted by Crippen LogP contribution is -1.88. The summed E-state index contributed by atoms with van der Waals surface area (Å²) in [5.74, 6) is 1.66. The number of aryl methyl sites for hydroxylation is 1. The topological polar surface area (TPSA) is 44.2 Å². The molecule has 0 aliphatic carbocycles. The third kappa shape index (κ3) is 3.69. The molecule has 4 nitrogen and oxygen atoms in total. The van der Waals surface area contributed by atoms with E-state index in [4.69, 9.17) is 9.47 Å². The molecule has 25 heavy (non-hydrogen) atoms. The largest absolute Gasteiger partial charge is 0.494 e. The summed E-state index contributed by atoms with van der Waals surface area (Å²) in [5.41, 5.74) is 2.87. The average Bonchev–Trinajstić information content (AvgIpc) is 2.67. The number of benzene rings is 2. The maximum Gasteiger partial charge on any atom is 0.145 e. The number of hydrogen-bond donors (Lipinski definition) is 0. The van der Waals surface area contributed by atoms with E-state index in [-0.39, 0.29) is 0 Å². The minimum Gasteiger partial charge on any atom is -0.494 e. The number of aromatic nitrogens is 2. The Morgan fingerprint density at radius 2 is 1.28 bits per heavy atom. The van der Waals surface area contributed by atoms with Gasteiger partial charge in [-0.1, -0.05) is 36.4 Å². The summed E-state index contributed by atoms with van der Waals surface area (Å²) in [4.78, 5) is 8.65. The molecule has 4 heteroatoms. The normalized spacial score (nSPS) is 10.2. The standard InChI is InChI=1S/C11H11NO.C10H9NO/c1-8-6-7-9-4-3-5-10(13-2)11(9)12-8;1-12-9-6-2-4-8-5-3-7-11-10(8)9/h3-7H,1-2H3;2-7H,1H3. The minimum atomic E-state index is 0.827. The second kappa shape index (κ2) is 7.62. The number of pyridine rings is 2. The lowest BCUT2D eigenvalue weighted by atomic mass is 10.2. The average molecular weight is 332 g/mol. The van der Waals surface area contributed by atoms with Gasteiger partial charge >= 0.3 is 0 Å². The quantitative estimate of drug-likeness (QED) is 0.529. The molecule has 2 aromatic carbocycles. The first-order valence-electron chi connectivity index (χ1n) is 8.01. The Hall–Kier alpha value is -3.14. The third-order valence-electron chi connectivity index (χ3n) is 3.86. The summed E-state index contributed by atoms with van der Waals surface area (Å²) in [6, 6.07) is 19.8. The molecule has 0 N–H and O–H groups in total. The summed E-state index contributed by atoms with van der Waals surface area (Å²) in [7, 11) is 3.32. The zero-order valence-corrected chi connectivity index (χ0v) is 14.6. The molecule has 4 aromatic rings. The lowest BCUT2D eigenvalue weighted by molar-refractivity contribution is 0.419. The van der Waals surface area contributed by atoms with Crippen molar-refractivity contribution in [3.05, 3.63) is 72.6 Å². The van der Waals surface area contributed by atoms with E-state index in [0.717, 1.165) is 39.0 Å². The maximum absolute atomic E-state index is 5.22. The number of fused-ring (bicyclic) bond motifs is 2. The van der Waals surface area contributed by atoms with Crippen LogP contribution in [0, 0.1) is 6.92 Å². The molecule has 0 unspecified atom stereocenters. The van der Waals surface area contributed by atoms with Crippen LogP contribution in [0.2, 0.25) is 0 Å². The fraction of sp³-hybridized carbons (Fsp3) is 0.143. The van der Waals surface area contributed by atoms with Crippen molar-refractivity contribution >= 4 is 21.8 Å². The van der Waals surface area contributed by atoms with E-state index >= 15 is 0 Å². The number of nitrogens with zero attached hydrogens (tertiary/aromatic N) is 2. The van der Waals surface area contributed by atoms with Crippen LogP contribution in [0.4, 0.5) is 0 Å². The molecular weight excluding hydrogens is 312 g/mol. The van der Waals surface area contributed by atoms with Crippen LogP contribution in [-0.2, 0) is 0 Å². The van der Waals surface area contributed by atoms with Gasteiger partial charge in [0, 0.05) is 22.7 Å². The number of ether oxygens (including phenoxy) is 2. The zero-order chi connectivity index (χ0) is 17.6. The summed E-state index contributed by atoms with van der Waals surface area (Å²) in [5, 5.41) is 2.22. The molecule has 0 saturated carbocycles. The molecule has 2 heterocycles. The highest BCUT2D eigenvalue weighted by atomic mass is 16.5. The predicted octanol–water partition coefficient (Wildman–Crippen LogP) is 4.80. The molecule has 0 fully saturated rings. The highest BCUT2D eigenvalue weighted by Gasteiger charge is 2.01. The van der Waals surface area contributed by atoms with E-state index in [1.165, 1.54) is 0 Å². The first-order chi connectivity index (χ1) is 12.2. The van der Waals surface area contributed by atoms with Gasteiger partial charge in [0.2, 0.25) is 0 Å². The van der Waals surface area contributed by atoms with Gasteiger partial charge in [-0.2, -0.15) is 0 Å². The van der Waals surface area contributed by atoms with E-state index in [1.807, 2.05) is 61.5 Å². The first kappa shape index (κ1) is 16.7. The van der Waals surface area contributed by atoms with Gasteiger partial charge in [0.25, 0.3) is 0 Å². The summed E-state index contributed by atoms with van der Waals surface area (Å²) >= 11 is 0. The van der Waals surface area contributed by atoms with Gasteiger partial charge < -0.3 is 9.47 Å². The van der Waals surface area contributed by atoms with Gasteiger partial charge in [-0.05, 0) is 31.2 Å². The van der Waals surface area contributed by atoms with Crippen molar-refractivity contribution in [3.63, 3.8) is 0 Å². The van der Waals surface area contributed by atoms with Gasteiger partial charge in [-0.3, -0.25) is 4.98 Å².